The lowest BCUT2D eigenvalue weighted by molar-refractivity contribution is -0.211. The van der Waals surface area contributed by atoms with Crippen molar-refractivity contribution in [1.82, 2.24) is 0 Å². The van der Waals surface area contributed by atoms with E-state index in [4.69, 9.17) is 14.2 Å². The molecule has 4 nitrogen and oxygen atoms in total. The number of halogens is 4. The maximum absolute atomic E-state index is 14.2. The van der Waals surface area contributed by atoms with Crippen LogP contribution in [-0.2, 0) is 18.9 Å². The summed E-state index contributed by atoms with van der Waals surface area (Å²) >= 11 is 0. The van der Waals surface area contributed by atoms with Crippen LogP contribution in [0.3, 0.4) is 0 Å². The van der Waals surface area contributed by atoms with E-state index in [1.165, 1.54) is 0 Å². The second kappa shape index (κ2) is 12.3. The first-order chi connectivity index (χ1) is 14.5. The van der Waals surface area contributed by atoms with Crippen molar-refractivity contribution >= 4 is 5.57 Å². The van der Waals surface area contributed by atoms with Crippen LogP contribution in [-0.4, -0.2) is 26.4 Å². The Morgan fingerprint density at radius 3 is 2.33 bits per heavy atom. The van der Waals surface area contributed by atoms with Crippen molar-refractivity contribution in [2.75, 3.05) is 26.4 Å². The maximum atomic E-state index is 14.2. The minimum atomic E-state index is -2.21. The molecule has 0 aromatic heterocycles. The number of rotatable bonds is 9. The molecule has 0 unspecified atom stereocenters. The Morgan fingerprint density at radius 1 is 1.13 bits per heavy atom. The van der Waals surface area contributed by atoms with Crippen molar-refractivity contribution in [1.29, 1.82) is 0 Å². The fourth-order valence-electron chi connectivity index (χ4n) is 2.73. The van der Waals surface area contributed by atoms with Gasteiger partial charge in [0.2, 0.25) is 0 Å². The van der Waals surface area contributed by atoms with Gasteiger partial charge in [0.1, 0.15) is 6.33 Å². The molecule has 1 aromatic rings. The minimum absolute atomic E-state index is 0.0356. The van der Waals surface area contributed by atoms with Gasteiger partial charge in [-0.15, -0.1) is 0 Å². The lowest BCUT2D eigenvalue weighted by atomic mass is 10.0. The zero-order valence-corrected chi connectivity index (χ0v) is 16.7. The summed E-state index contributed by atoms with van der Waals surface area (Å²) in [6.07, 6.45) is -0.377. The van der Waals surface area contributed by atoms with Gasteiger partial charge in [0.15, 0.2) is 24.1 Å². The van der Waals surface area contributed by atoms with E-state index in [1.54, 1.807) is 37.3 Å². The number of hydrogen-bond acceptors (Lipinski definition) is 4. The molecule has 1 heterocycles. The number of allylic oxidation sites excluding steroid dienone is 4. The first kappa shape index (κ1) is 23.9. The van der Waals surface area contributed by atoms with Crippen LogP contribution in [0.2, 0.25) is 0 Å². The molecule has 0 saturated carbocycles. The summed E-state index contributed by atoms with van der Waals surface area (Å²) in [5.41, 5.74) is 1.84. The number of benzene rings is 1. The SMILES string of the molecule is C\C=C(/C=C(F)\C(=C\F)OC=C(F)F)c1ccc(C2OCC(COCC)CO2)cc1. The molecule has 0 aliphatic carbocycles. The Morgan fingerprint density at radius 2 is 1.80 bits per heavy atom. The Kier molecular flexibility index (Phi) is 9.79. The molecule has 8 heteroatoms. The highest BCUT2D eigenvalue weighted by Gasteiger charge is 2.23. The van der Waals surface area contributed by atoms with Crippen molar-refractivity contribution in [3.8, 4) is 0 Å². The van der Waals surface area contributed by atoms with E-state index >= 15 is 0 Å². The molecule has 0 N–H and O–H groups in total. The first-order valence-electron chi connectivity index (χ1n) is 9.41. The second-order valence-corrected chi connectivity index (χ2v) is 6.38. The lowest BCUT2D eigenvalue weighted by Crippen LogP contribution is -2.30. The topological polar surface area (TPSA) is 36.9 Å². The molecule has 1 aliphatic heterocycles. The molecule has 164 valence electrons. The van der Waals surface area contributed by atoms with E-state index < -0.39 is 24.0 Å². The zero-order chi connectivity index (χ0) is 21.9. The van der Waals surface area contributed by atoms with Crippen molar-refractivity contribution in [3.63, 3.8) is 0 Å². The van der Waals surface area contributed by atoms with Gasteiger partial charge in [-0.1, -0.05) is 30.3 Å². The number of ether oxygens (including phenoxy) is 4. The molecule has 1 aromatic carbocycles. The van der Waals surface area contributed by atoms with E-state index in [2.05, 4.69) is 4.74 Å². The van der Waals surface area contributed by atoms with Crippen LogP contribution < -0.4 is 0 Å². The largest absolute Gasteiger partial charge is 0.454 e. The van der Waals surface area contributed by atoms with Crippen LogP contribution in [0.5, 0.6) is 0 Å². The van der Waals surface area contributed by atoms with Gasteiger partial charge in [0, 0.05) is 18.1 Å². The van der Waals surface area contributed by atoms with Gasteiger partial charge >= 0.3 is 6.08 Å². The van der Waals surface area contributed by atoms with E-state index in [0.717, 1.165) is 11.6 Å². The highest BCUT2D eigenvalue weighted by molar-refractivity contribution is 5.74. The van der Waals surface area contributed by atoms with Gasteiger partial charge in [-0.3, -0.25) is 0 Å². The maximum Gasteiger partial charge on any atom is 0.305 e. The monoisotopic (exact) mass is 428 g/mol. The number of hydrogen-bond donors (Lipinski definition) is 0. The van der Waals surface area contributed by atoms with Gasteiger partial charge in [0.05, 0.1) is 19.8 Å². The van der Waals surface area contributed by atoms with E-state index in [-0.39, 0.29) is 18.5 Å². The average Bonchev–Trinajstić information content (AvgIpc) is 2.76. The summed E-state index contributed by atoms with van der Waals surface area (Å²) in [4.78, 5) is 0. The van der Waals surface area contributed by atoms with Crippen LogP contribution >= 0.6 is 0 Å². The molecular formula is C22H24F4O4. The van der Waals surface area contributed by atoms with Crippen LogP contribution in [0.15, 0.2) is 66.7 Å². The molecule has 30 heavy (non-hydrogen) atoms. The van der Waals surface area contributed by atoms with E-state index in [9.17, 15) is 17.6 Å². The summed E-state index contributed by atoms with van der Waals surface area (Å²) < 4.78 is 72.2. The standard InChI is InChI=1S/C22H24F4O4/c1-3-16(9-19(24)20(10-23)28-14-21(25)26)17-5-7-18(8-6-17)22-29-12-15(13-30-22)11-27-4-2/h3,5-10,14-15,22H,4,11-13H2,1-2H3/b16-3+,19-9+,20-10-. The van der Waals surface area contributed by atoms with E-state index in [1.807, 2.05) is 6.92 Å². The third kappa shape index (κ3) is 7.12. The molecule has 0 spiro atoms. The lowest BCUT2D eigenvalue weighted by Gasteiger charge is -2.29. The van der Waals surface area contributed by atoms with E-state index in [0.29, 0.717) is 37.6 Å². The second-order valence-electron chi connectivity index (χ2n) is 6.38. The predicted molar refractivity (Wildman–Crippen MR) is 104 cm³/mol. The average molecular weight is 428 g/mol. The minimum Gasteiger partial charge on any atom is -0.454 e. The smallest absolute Gasteiger partial charge is 0.305 e. The van der Waals surface area contributed by atoms with Gasteiger partial charge in [0.25, 0.3) is 0 Å². The molecule has 1 fully saturated rings. The zero-order valence-electron chi connectivity index (χ0n) is 16.7. The molecule has 2 rings (SSSR count). The molecular weight excluding hydrogens is 404 g/mol. The Hall–Kier alpha value is -2.42. The summed E-state index contributed by atoms with van der Waals surface area (Å²) in [6.45, 7) is 5.86. The van der Waals surface area contributed by atoms with Gasteiger partial charge in [-0.2, -0.15) is 8.78 Å². The first-order valence-corrected chi connectivity index (χ1v) is 9.41. The van der Waals surface area contributed by atoms with Crippen LogP contribution in [0, 0.1) is 5.92 Å². The summed E-state index contributed by atoms with van der Waals surface area (Å²) in [7, 11) is 0. The van der Waals surface area contributed by atoms with Crippen LogP contribution in [0.25, 0.3) is 5.57 Å². The predicted octanol–water partition coefficient (Wildman–Crippen LogP) is 6.21. The molecule has 0 atom stereocenters. The molecule has 1 saturated heterocycles. The van der Waals surface area contributed by atoms with Crippen molar-refractivity contribution in [2.24, 2.45) is 5.92 Å². The summed E-state index contributed by atoms with van der Waals surface area (Å²) in [5.74, 6) is -1.90. The van der Waals surface area contributed by atoms with Crippen LogP contribution in [0.1, 0.15) is 31.3 Å². The normalized spacial score (nSPS) is 20.8. The van der Waals surface area contributed by atoms with Gasteiger partial charge in [-0.25, -0.2) is 8.78 Å². The fraction of sp³-hybridized carbons (Fsp3) is 0.364. The Labute approximate surface area is 173 Å². The molecule has 0 bridgehead atoms. The van der Waals surface area contributed by atoms with Gasteiger partial charge in [-0.05, 0) is 31.1 Å². The molecule has 0 radical (unpaired) electrons. The van der Waals surface area contributed by atoms with Crippen LogP contribution in [0.4, 0.5) is 17.6 Å². The van der Waals surface area contributed by atoms with Crippen molar-refractivity contribution in [3.05, 3.63) is 77.8 Å². The van der Waals surface area contributed by atoms with Gasteiger partial charge < -0.3 is 18.9 Å². The quantitative estimate of drug-likeness (QED) is 0.266. The highest BCUT2D eigenvalue weighted by atomic mass is 19.3. The highest BCUT2D eigenvalue weighted by Crippen LogP contribution is 2.28. The fourth-order valence-corrected chi connectivity index (χ4v) is 2.73. The van der Waals surface area contributed by atoms with Crippen molar-refractivity contribution in [2.45, 2.75) is 20.1 Å². The third-order valence-corrected chi connectivity index (χ3v) is 4.24. The summed E-state index contributed by atoms with van der Waals surface area (Å²) in [5, 5.41) is 0. The molecule has 1 aliphatic rings. The van der Waals surface area contributed by atoms with Crippen molar-refractivity contribution < 1.29 is 36.5 Å². The Balaban J connectivity index is 2.04. The Bertz CT molecular complexity index is 788. The third-order valence-electron chi connectivity index (χ3n) is 4.24. The summed E-state index contributed by atoms with van der Waals surface area (Å²) in [6, 6.07) is 7.02. The molecule has 0 amide bonds.